The van der Waals surface area contributed by atoms with Crippen LogP contribution in [0, 0.1) is 17.0 Å². The molecule has 0 spiro atoms. The van der Waals surface area contributed by atoms with Crippen molar-refractivity contribution in [2.24, 2.45) is 0 Å². The molecule has 19 heavy (non-hydrogen) atoms. The molecule has 0 saturated carbocycles. The van der Waals surface area contributed by atoms with Crippen LogP contribution in [-0.4, -0.2) is 23.1 Å². The van der Waals surface area contributed by atoms with Crippen molar-refractivity contribution in [3.63, 3.8) is 0 Å². The third-order valence-electron chi connectivity index (χ3n) is 2.31. The quantitative estimate of drug-likeness (QED) is 0.500. The van der Waals surface area contributed by atoms with Crippen molar-refractivity contribution in [2.45, 2.75) is 6.92 Å². The number of nitrogens with zero attached hydrogens (tertiary/aromatic N) is 2. The van der Waals surface area contributed by atoms with Crippen molar-refractivity contribution >= 4 is 21.5 Å². The Balaban J connectivity index is 1.76. The van der Waals surface area contributed by atoms with E-state index >= 15 is 0 Å². The molecule has 2 aromatic rings. The zero-order chi connectivity index (χ0) is 13.7. The van der Waals surface area contributed by atoms with Crippen molar-refractivity contribution in [3.05, 3.63) is 46.1 Å². The fourth-order valence-electron chi connectivity index (χ4n) is 1.46. The van der Waals surface area contributed by atoms with E-state index in [2.05, 4.69) is 10.3 Å². The maximum atomic E-state index is 10.5. The summed E-state index contributed by atoms with van der Waals surface area (Å²) in [5.41, 5.74) is 1.14. The molecular formula is C12H13N3O3S. The van der Waals surface area contributed by atoms with Crippen LogP contribution in [-0.2, 0) is 0 Å². The lowest BCUT2D eigenvalue weighted by atomic mass is 10.2. The molecule has 0 saturated heterocycles. The van der Waals surface area contributed by atoms with Crippen LogP contribution < -0.4 is 10.1 Å². The molecule has 6 nitrogen and oxygen atoms in total. The maximum absolute atomic E-state index is 10.5. The smallest absolute Gasteiger partial charge is 0.345 e. The molecule has 0 unspecified atom stereocenters. The lowest BCUT2D eigenvalue weighted by Crippen LogP contribution is -2.11. The van der Waals surface area contributed by atoms with Gasteiger partial charge in [-0.3, -0.25) is 10.1 Å². The van der Waals surface area contributed by atoms with Gasteiger partial charge in [-0.15, -0.1) is 0 Å². The Morgan fingerprint density at radius 3 is 3.05 bits per heavy atom. The van der Waals surface area contributed by atoms with Crippen LogP contribution in [0.15, 0.2) is 30.5 Å². The molecule has 0 radical (unpaired) electrons. The van der Waals surface area contributed by atoms with Crippen molar-refractivity contribution in [1.82, 2.24) is 4.98 Å². The molecule has 2 rings (SSSR count). The summed E-state index contributed by atoms with van der Waals surface area (Å²) in [7, 11) is 0. The number of rotatable bonds is 6. The summed E-state index contributed by atoms with van der Waals surface area (Å²) in [6, 6.07) is 7.78. The van der Waals surface area contributed by atoms with Crippen LogP contribution in [0.1, 0.15) is 5.56 Å². The van der Waals surface area contributed by atoms with Gasteiger partial charge in [-0.1, -0.05) is 12.1 Å². The summed E-state index contributed by atoms with van der Waals surface area (Å²) < 4.78 is 5.54. The molecule has 1 heterocycles. The average Bonchev–Trinajstić information content (AvgIpc) is 2.84. The van der Waals surface area contributed by atoms with Gasteiger partial charge in [-0.05, 0) is 36.0 Å². The minimum atomic E-state index is -0.452. The molecule has 0 fully saturated rings. The number of aryl methyl sites for hydroxylation is 1. The lowest BCUT2D eigenvalue weighted by Gasteiger charge is -2.06. The molecule has 0 atom stereocenters. The van der Waals surface area contributed by atoms with Crippen molar-refractivity contribution in [1.29, 1.82) is 0 Å². The third-order valence-corrected chi connectivity index (χ3v) is 3.22. The second-order valence-electron chi connectivity index (χ2n) is 3.85. The first-order valence-corrected chi connectivity index (χ1v) is 6.50. The number of hydrogen-bond acceptors (Lipinski definition) is 6. The molecular weight excluding hydrogens is 266 g/mol. The molecule has 7 heteroatoms. The van der Waals surface area contributed by atoms with Gasteiger partial charge in [-0.2, -0.15) is 0 Å². The largest absolute Gasteiger partial charge is 0.492 e. The number of ether oxygens (including phenoxy) is 1. The molecule has 100 valence electrons. The summed E-state index contributed by atoms with van der Waals surface area (Å²) in [5.74, 6) is 0.812. The van der Waals surface area contributed by atoms with E-state index in [-0.39, 0.29) is 5.00 Å². The monoisotopic (exact) mass is 279 g/mol. The van der Waals surface area contributed by atoms with Crippen LogP contribution in [0.3, 0.4) is 0 Å². The molecule has 0 amide bonds. The molecule has 1 aromatic heterocycles. The standard InChI is InChI=1S/C12H13N3O3S/c1-9-3-2-4-10(7-9)18-6-5-13-12-14-8-11(19-12)15(16)17/h2-4,7-8H,5-6H2,1H3,(H,13,14). The normalized spacial score (nSPS) is 10.2. The molecule has 1 aromatic carbocycles. The molecule has 0 bridgehead atoms. The van der Waals surface area contributed by atoms with Gasteiger partial charge in [0.2, 0.25) is 0 Å². The van der Waals surface area contributed by atoms with Crippen LogP contribution in [0.5, 0.6) is 5.75 Å². The minimum Gasteiger partial charge on any atom is -0.492 e. The number of hydrogen-bond donors (Lipinski definition) is 1. The minimum absolute atomic E-state index is 0.0297. The topological polar surface area (TPSA) is 77.3 Å². The van der Waals surface area contributed by atoms with Gasteiger partial charge in [-0.25, -0.2) is 4.98 Å². The van der Waals surface area contributed by atoms with Crippen LogP contribution in [0.4, 0.5) is 10.1 Å². The van der Waals surface area contributed by atoms with Crippen LogP contribution in [0.2, 0.25) is 0 Å². The SMILES string of the molecule is Cc1cccc(OCCNc2ncc([N+](=O)[O-])s2)c1. The Bertz CT molecular complexity index is 571. The Morgan fingerprint density at radius 1 is 1.53 bits per heavy atom. The lowest BCUT2D eigenvalue weighted by molar-refractivity contribution is -0.380. The molecule has 0 aliphatic carbocycles. The van der Waals surface area contributed by atoms with E-state index in [0.29, 0.717) is 18.3 Å². The highest BCUT2D eigenvalue weighted by Gasteiger charge is 2.10. The van der Waals surface area contributed by atoms with Gasteiger partial charge in [0.05, 0.1) is 11.5 Å². The van der Waals surface area contributed by atoms with Crippen LogP contribution >= 0.6 is 11.3 Å². The van der Waals surface area contributed by atoms with E-state index in [1.807, 2.05) is 31.2 Å². The number of thiazole rings is 1. The Hall–Kier alpha value is -2.15. The second kappa shape index (κ2) is 6.14. The third kappa shape index (κ3) is 3.92. The number of aromatic nitrogens is 1. The van der Waals surface area contributed by atoms with Gasteiger partial charge in [0.1, 0.15) is 18.6 Å². The van der Waals surface area contributed by atoms with Gasteiger partial charge in [0.15, 0.2) is 5.13 Å². The number of nitrogens with one attached hydrogen (secondary N) is 1. The molecule has 0 aliphatic heterocycles. The van der Waals surface area contributed by atoms with E-state index in [0.717, 1.165) is 22.6 Å². The number of anilines is 1. The summed E-state index contributed by atoms with van der Waals surface area (Å²) in [4.78, 5) is 13.9. The van der Waals surface area contributed by atoms with E-state index < -0.39 is 4.92 Å². The highest BCUT2D eigenvalue weighted by atomic mass is 32.1. The van der Waals surface area contributed by atoms with Gasteiger partial charge in [0, 0.05) is 0 Å². The van der Waals surface area contributed by atoms with Crippen LogP contribution in [0.25, 0.3) is 0 Å². The zero-order valence-electron chi connectivity index (χ0n) is 10.3. The Kier molecular flexibility index (Phi) is 4.30. The van der Waals surface area contributed by atoms with Crippen molar-refractivity contribution < 1.29 is 9.66 Å². The van der Waals surface area contributed by atoms with E-state index in [1.54, 1.807) is 0 Å². The molecule has 0 aliphatic rings. The number of benzene rings is 1. The van der Waals surface area contributed by atoms with E-state index in [9.17, 15) is 10.1 Å². The van der Waals surface area contributed by atoms with Gasteiger partial charge < -0.3 is 10.1 Å². The zero-order valence-corrected chi connectivity index (χ0v) is 11.1. The maximum Gasteiger partial charge on any atom is 0.345 e. The van der Waals surface area contributed by atoms with Gasteiger partial charge >= 0.3 is 5.00 Å². The van der Waals surface area contributed by atoms with Crippen molar-refractivity contribution in [2.75, 3.05) is 18.5 Å². The average molecular weight is 279 g/mol. The highest BCUT2D eigenvalue weighted by molar-refractivity contribution is 7.18. The van der Waals surface area contributed by atoms with Crippen molar-refractivity contribution in [3.8, 4) is 5.75 Å². The van der Waals surface area contributed by atoms with Gasteiger partial charge in [0.25, 0.3) is 0 Å². The summed E-state index contributed by atoms with van der Waals surface area (Å²) in [5, 5.41) is 14.0. The summed E-state index contributed by atoms with van der Waals surface area (Å²) in [6.07, 6.45) is 1.24. The predicted molar refractivity (Wildman–Crippen MR) is 73.9 cm³/mol. The molecule has 1 N–H and O–H groups in total. The number of nitro groups is 1. The fraction of sp³-hybridized carbons (Fsp3) is 0.250. The fourth-order valence-corrected chi connectivity index (χ4v) is 2.12. The first-order valence-electron chi connectivity index (χ1n) is 5.69. The summed E-state index contributed by atoms with van der Waals surface area (Å²) >= 11 is 1.01. The predicted octanol–water partition coefficient (Wildman–Crippen LogP) is 2.85. The first kappa shape index (κ1) is 13.3. The van der Waals surface area contributed by atoms with E-state index in [4.69, 9.17) is 4.74 Å². The Labute approximate surface area is 114 Å². The van der Waals surface area contributed by atoms with E-state index in [1.165, 1.54) is 6.20 Å². The highest BCUT2D eigenvalue weighted by Crippen LogP contribution is 2.24. The second-order valence-corrected chi connectivity index (χ2v) is 4.86. The summed E-state index contributed by atoms with van der Waals surface area (Å²) in [6.45, 7) is 3.01. The first-order chi connectivity index (χ1) is 9.15. The Morgan fingerprint density at radius 2 is 2.37 bits per heavy atom.